The quantitative estimate of drug-likeness (QED) is 0.814. The summed E-state index contributed by atoms with van der Waals surface area (Å²) in [4.78, 5) is 36.6. The molecule has 1 heterocycles. The lowest BCUT2D eigenvalue weighted by molar-refractivity contribution is -0.149. The van der Waals surface area contributed by atoms with Crippen LogP contribution in [0.15, 0.2) is 0 Å². The largest absolute Gasteiger partial charge is 0.481 e. The van der Waals surface area contributed by atoms with Crippen LogP contribution in [0.25, 0.3) is 0 Å². The monoisotopic (exact) mass is 300 g/mol. The number of hydrogen-bond acceptors (Lipinski definition) is 4. The molecule has 0 aromatic carbocycles. The molecule has 7 heteroatoms. The van der Waals surface area contributed by atoms with Crippen LogP contribution >= 0.6 is 0 Å². The number of nitrogens with one attached hydrogen (secondary N) is 1. The van der Waals surface area contributed by atoms with Crippen molar-refractivity contribution < 1.29 is 24.2 Å². The van der Waals surface area contributed by atoms with Gasteiger partial charge in [-0.1, -0.05) is 6.92 Å². The number of imide groups is 1. The molecule has 0 radical (unpaired) electrons. The summed E-state index contributed by atoms with van der Waals surface area (Å²) >= 11 is 0. The van der Waals surface area contributed by atoms with Crippen LogP contribution in [-0.2, 0) is 14.3 Å². The molecule has 7 nitrogen and oxygen atoms in total. The maximum Gasteiger partial charge on any atom is 0.324 e. The fraction of sp³-hybridized carbons (Fsp3) is 0.786. The van der Waals surface area contributed by atoms with Crippen LogP contribution in [0.2, 0.25) is 0 Å². The van der Waals surface area contributed by atoms with E-state index in [2.05, 4.69) is 5.32 Å². The molecule has 1 saturated heterocycles. The number of nitrogens with zero attached hydrogens (tertiary/aromatic N) is 1. The highest BCUT2D eigenvalue weighted by Crippen LogP contribution is 2.20. The maximum absolute atomic E-state index is 12.2. The first-order chi connectivity index (χ1) is 9.67. The smallest absolute Gasteiger partial charge is 0.324 e. The van der Waals surface area contributed by atoms with Crippen LogP contribution in [0.1, 0.15) is 40.5 Å². The molecule has 2 N–H and O–H groups in total. The molecule has 120 valence electrons. The van der Waals surface area contributed by atoms with Crippen LogP contribution in [0.4, 0.5) is 4.79 Å². The second-order valence-corrected chi connectivity index (χ2v) is 6.08. The number of amides is 3. The van der Waals surface area contributed by atoms with Gasteiger partial charge in [0.25, 0.3) is 0 Å². The highest BCUT2D eigenvalue weighted by Gasteiger charge is 2.33. The summed E-state index contributed by atoms with van der Waals surface area (Å²) in [6, 6.07) is -0.551. The van der Waals surface area contributed by atoms with E-state index < -0.39 is 23.3 Å². The zero-order valence-electron chi connectivity index (χ0n) is 13.0. The summed E-state index contributed by atoms with van der Waals surface area (Å²) in [6.07, 6.45) is 0.406. The average molecular weight is 300 g/mol. The molecule has 1 fully saturated rings. The molecule has 0 aliphatic carbocycles. The Labute approximate surface area is 124 Å². The number of carboxylic acid groups (broad SMARTS) is 1. The minimum absolute atomic E-state index is 0.0681. The Bertz CT molecular complexity index is 422. The molecule has 1 aliphatic rings. The Kier molecular flexibility index (Phi) is 5.71. The van der Waals surface area contributed by atoms with Gasteiger partial charge in [0, 0.05) is 13.0 Å². The summed E-state index contributed by atoms with van der Waals surface area (Å²) in [5, 5.41) is 11.3. The van der Waals surface area contributed by atoms with E-state index in [1.54, 1.807) is 4.90 Å². The lowest BCUT2D eigenvalue weighted by Gasteiger charge is -2.38. The highest BCUT2D eigenvalue weighted by molar-refractivity contribution is 5.96. The molecular formula is C14H24N2O5. The molecule has 21 heavy (non-hydrogen) atoms. The van der Waals surface area contributed by atoms with Gasteiger partial charge < -0.3 is 14.7 Å². The van der Waals surface area contributed by atoms with Gasteiger partial charge in [0.05, 0.1) is 24.2 Å². The molecule has 1 rings (SSSR count). The van der Waals surface area contributed by atoms with E-state index in [1.807, 2.05) is 13.8 Å². The first-order valence-corrected chi connectivity index (χ1v) is 7.12. The van der Waals surface area contributed by atoms with E-state index in [4.69, 9.17) is 9.84 Å². The summed E-state index contributed by atoms with van der Waals surface area (Å²) in [6.45, 7) is 7.57. The zero-order chi connectivity index (χ0) is 16.2. The second kappa shape index (κ2) is 6.89. The first-order valence-electron chi connectivity index (χ1n) is 7.12. The molecule has 0 saturated carbocycles. The van der Waals surface area contributed by atoms with E-state index in [9.17, 15) is 14.4 Å². The standard InChI is InChI=1S/C14H24N2O5/c1-5-10-8-21-9(2)7-16(10)13(20)15-11(17)6-14(3,4)12(18)19/h9-10H,5-8H2,1-4H3,(H,18,19)(H,15,17,20). The first kappa shape index (κ1) is 17.4. The Morgan fingerprint density at radius 3 is 2.52 bits per heavy atom. The number of morpholine rings is 1. The molecule has 2 unspecified atom stereocenters. The zero-order valence-corrected chi connectivity index (χ0v) is 13.0. The number of carbonyl (C=O) groups is 3. The Balaban J connectivity index is 2.62. The van der Waals surface area contributed by atoms with Crippen molar-refractivity contribution in [3.63, 3.8) is 0 Å². The predicted octanol–water partition coefficient (Wildman–Crippen LogP) is 1.22. The lowest BCUT2D eigenvalue weighted by atomic mass is 9.89. The molecule has 1 aliphatic heterocycles. The van der Waals surface area contributed by atoms with E-state index in [0.717, 1.165) is 6.42 Å². The SMILES string of the molecule is CCC1COC(C)CN1C(=O)NC(=O)CC(C)(C)C(=O)O. The number of carbonyl (C=O) groups excluding carboxylic acids is 2. The molecule has 0 bridgehead atoms. The van der Waals surface area contributed by atoms with Crippen molar-refractivity contribution in [3.8, 4) is 0 Å². The normalized spacial score (nSPS) is 22.8. The minimum atomic E-state index is -1.20. The Morgan fingerprint density at radius 2 is 2.00 bits per heavy atom. The molecular weight excluding hydrogens is 276 g/mol. The molecule has 3 amide bonds. The molecule has 2 atom stereocenters. The van der Waals surface area contributed by atoms with Gasteiger partial charge in [-0.2, -0.15) is 0 Å². The van der Waals surface area contributed by atoms with Crippen molar-refractivity contribution >= 4 is 17.9 Å². The van der Waals surface area contributed by atoms with Gasteiger partial charge in [-0.3, -0.25) is 14.9 Å². The predicted molar refractivity (Wildman–Crippen MR) is 75.8 cm³/mol. The second-order valence-electron chi connectivity index (χ2n) is 6.08. The van der Waals surface area contributed by atoms with Crippen molar-refractivity contribution in [2.24, 2.45) is 5.41 Å². The minimum Gasteiger partial charge on any atom is -0.481 e. The number of carboxylic acids is 1. The summed E-state index contributed by atoms with van der Waals surface area (Å²) in [5.74, 6) is -1.65. The number of hydrogen-bond donors (Lipinski definition) is 2. The third-order valence-electron chi connectivity index (χ3n) is 3.63. The van der Waals surface area contributed by atoms with E-state index >= 15 is 0 Å². The van der Waals surface area contributed by atoms with E-state index in [1.165, 1.54) is 13.8 Å². The van der Waals surface area contributed by atoms with Crippen molar-refractivity contribution in [3.05, 3.63) is 0 Å². The van der Waals surface area contributed by atoms with Crippen LogP contribution in [0, 0.1) is 5.41 Å². The summed E-state index contributed by atoms with van der Waals surface area (Å²) < 4.78 is 5.49. The number of aliphatic carboxylic acids is 1. The van der Waals surface area contributed by atoms with E-state index in [-0.39, 0.29) is 18.6 Å². The van der Waals surface area contributed by atoms with Crippen molar-refractivity contribution in [1.82, 2.24) is 10.2 Å². The van der Waals surface area contributed by atoms with E-state index in [0.29, 0.717) is 13.2 Å². The van der Waals surface area contributed by atoms with Gasteiger partial charge in [-0.15, -0.1) is 0 Å². The van der Waals surface area contributed by atoms with Crippen LogP contribution in [0.3, 0.4) is 0 Å². The van der Waals surface area contributed by atoms with Gasteiger partial charge in [0.1, 0.15) is 0 Å². The van der Waals surface area contributed by atoms with Crippen molar-refractivity contribution in [1.29, 1.82) is 0 Å². The van der Waals surface area contributed by atoms with Crippen LogP contribution in [-0.4, -0.2) is 53.2 Å². The number of rotatable bonds is 4. The van der Waals surface area contributed by atoms with Gasteiger partial charge in [-0.25, -0.2) is 4.79 Å². The fourth-order valence-electron chi connectivity index (χ4n) is 2.14. The van der Waals surface area contributed by atoms with Crippen molar-refractivity contribution in [2.45, 2.75) is 52.7 Å². The molecule has 0 spiro atoms. The highest BCUT2D eigenvalue weighted by atomic mass is 16.5. The van der Waals surface area contributed by atoms with Crippen LogP contribution < -0.4 is 5.32 Å². The van der Waals surface area contributed by atoms with Gasteiger partial charge in [0.15, 0.2) is 0 Å². The summed E-state index contributed by atoms with van der Waals surface area (Å²) in [5.41, 5.74) is -1.20. The Morgan fingerprint density at radius 1 is 1.38 bits per heavy atom. The van der Waals surface area contributed by atoms with Gasteiger partial charge >= 0.3 is 12.0 Å². The lowest BCUT2D eigenvalue weighted by Crippen LogP contribution is -2.55. The molecule has 0 aromatic heterocycles. The fourth-order valence-corrected chi connectivity index (χ4v) is 2.14. The van der Waals surface area contributed by atoms with Crippen molar-refractivity contribution in [2.75, 3.05) is 13.2 Å². The molecule has 0 aromatic rings. The van der Waals surface area contributed by atoms with Crippen LogP contribution in [0.5, 0.6) is 0 Å². The maximum atomic E-state index is 12.2. The Hall–Kier alpha value is -1.63. The third-order valence-corrected chi connectivity index (χ3v) is 3.63. The third kappa shape index (κ3) is 4.70. The summed E-state index contributed by atoms with van der Waals surface area (Å²) in [7, 11) is 0. The van der Waals surface area contributed by atoms with Gasteiger partial charge in [0.2, 0.25) is 5.91 Å². The topological polar surface area (TPSA) is 95.9 Å². The number of urea groups is 1. The number of ether oxygens (including phenoxy) is 1. The van der Waals surface area contributed by atoms with Gasteiger partial charge in [-0.05, 0) is 27.2 Å². The average Bonchev–Trinajstić information content (AvgIpc) is 2.37.